The summed E-state index contributed by atoms with van der Waals surface area (Å²) in [7, 11) is 0. The summed E-state index contributed by atoms with van der Waals surface area (Å²) in [5.74, 6) is 0.769. The van der Waals surface area contributed by atoms with Crippen LogP contribution in [0.2, 0.25) is 10.0 Å². The molecule has 1 aliphatic heterocycles. The summed E-state index contributed by atoms with van der Waals surface area (Å²) in [6.45, 7) is 4.65. The largest absolute Gasteiger partial charge is 0.379 e. The Kier molecular flexibility index (Phi) is 8.09. The summed E-state index contributed by atoms with van der Waals surface area (Å²) in [5.41, 5.74) is 0.754. The lowest BCUT2D eigenvalue weighted by molar-refractivity contribution is -0.118. The maximum atomic E-state index is 13.2. The number of benzene rings is 2. The molecule has 3 aromatic rings. The summed E-state index contributed by atoms with van der Waals surface area (Å²) in [6, 6.07) is 13.4. The lowest BCUT2D eigenvalue weighted by Crippen LogP contribution is -2.43. The molecule has 0 atom stereocenters. The average Bonchev–Trinajstić information content (AvgIpc) is 3.21. The van der Waals surface area contributed by atoms with Crippen molar-refractivity contribution in [3.8, 4) is 0 Å². The molecule has 0 bridgehead atoms. The van der Waals surface area contributed by atoms with Gasteiger partial charge in [0, 0.05) is 48.3 Å². The Balaban J connectivity index is 1.45. The first kappa shape index (κ1) is 22.8. The molecule has 31 heavy (non-hydrogen) atoms. The topological polar surface area (TPSA) is 45.7 Å². The van der Waals surface area contributed by atoms with Crippen LogP contribution in [0.3, 0.4) is 0 Å². The number of hydrogen-bond donors (Lipinski definition) is 0. The van der Waals surface area contributed by atoms with Crippen LogP contribution in [0.5, 0.6) is 0 Å². The number of carbonyl (C=O) groups is 1. The molecular weight excluding hydrogens is 473 g/mol. The van der Waals surface area contributed by atoms with E-state index in [2.05, 4.69) is 4.90 Å². The van der Waals surface area contributed by atoms with Crippen LogP contribution >= 0.6 is 46.3 Å². The Morgan fingerprint density at radius 3 is 2.68 bits per heavy atom. The van der Waals surface area contributed by atoms with Crippen LogP contribution in [0.25, 0.3) is 10.2 Å². The van der Waals surface area contributed by atoms with Gasteiger partial charge < -0.3 is 4.74 Å². The first-order valence-electron chi connectivity index (χ1n) is 10.1. The van der Waals surface area contributed by atoms with Crippen LogP contribution < -0.4 is 4.90 Å². The van der Waals surface area contributed by atoms with Gasteiger partial charge in [-0.3, -0.25) is 14.6 Å². The van der Waals surface area contributed by atoms with Gasteiger partial charge in [-0.05, 0) is 36.4 Å². The highest BCUT2D eigenvalue weighted by molar-refractivity contribution is 7.99. The number of nitrogens with zero attached hydrogens (tertiary/aromatic N) is 3. The molecule has 1 aliphatic rings. The number of fused-ring (bicyclic) bond motifs is 1. The van der Waals surface area contributed by atoms with Crippen LogP contribution in [0.4, 0.5) is 5.13 Å². The molecule has 9 heteroatoms. The van der Waals surface area contributed by atoms with Gasteiger partial charge in [0.2, 0.25) is 5.91 Å². The van der Waals surface area contributed by atoms with E-state index in [1.165, 1.54) is 11.3 Å². The highest BCUT2D eigenvalue weighted by Gasteiger charge is 2.22. The summed E-state index contributed by atoms with van der Waals surface area (Å²) in [5, 5.41) is 2.03. The smallest absolute Gasteiger partial charge is 0.229 e. The number of amides is 1. The van der Waals surface area contributed by atoms with E-state index in [1.807, 2.05) is 47.4 Å². The van der Waals surface area contributed by atoms with Crippen LogP contribution in [0.1, 0.15) is 6.42 Å². The maximum absolute atomic E-state index is 13.2. The second-order valence-electron chi connectivity index (χ2n) is 7.13. The molecule has 164 valence electrons. The Morgan fingerprint density at radius 2 is 1.94 bits per heavy atom. The molecule has 2 aromatic carbocycles. The summed E-state index contributed by atoms with van der Waals surface area (Å²) in [6.07, 6.45) is 0.431. The third-order valence-electron chi connectivity index (χ3n) is 5.03. The molecule has 2 heterocycles. The van der Waals surface area contributed by atoms with Crippen molar-refractivity contribution in [1.82, 2.24) is 9.88 Å². The van der Waals surface area contributed by atoms with E-state index in [4.69, 9.17) is 32.9 Å². The molecule has 0 N–H and O–H groups in total. The van der Waals surface area contributed by atoms with Gasteiger partial charge in [0.15, 0.2) is 5.13 Å². The van der Waals surface area contributed by atoms with Crippen molar-refractivity contribution in [2.75, 3.05) is 50.0 Å². The maximum Gasteiger partial charge on any atom is 0.229 e. The molecule has 1 saturated heterocycles. The van der Waals surface area contributed by atoms with Crippen molar-refractivity contribution in [2.45, 2.75) is 11.3 Å². The Morgan fingerprint density at radius 1 is 1.16 bits per heavy atom. The summed E-state index contributed by atoms with van der Waals surface area (Å²) < 4.78 is 6.42. The standard InChI is InChI=1S/C22H23Cl2N3O2S2/c23-16-4-6-17(7-5-16)30-15-8-20(28)27(10-9-26-11-13-29-14-12-26)22-25-21-18(24)2-1-3-19(21)31-22/h1-7H,8-15H2. The van der Waals surface area contributed by atoms with Gasteiger partial charge in [0.25, 0.3) is 0 Å². The van der Waals surface area contributed by atoms with Crippen molar-refractivity contribution < 1.29 is 9.53 Å². The van der Waals surface area contributed by atoms with Crippen LogP contribution in [-0.4, -0.2) is 60.9 Å². The third kappa shape index (κ3) is 6.12. The van der Waals surface area contributed by atoms with E-state index < -0.39 is 0 Å². The van der Waals surface area contributed by atoms with Crippen molar-refractivity contribution >= 4 is 67.6 Å². The van der Waals surface area contributed by atoms with E-state index in [0.717, 1.165) is 48.0 Å². The monoisotopic (exact) mass is 495 g/mol. The summed E-state index contributed by atoms with van der Waals surface area (Å²) >= 11 is 15.4. The van der Waals surface area contributed by atoms with Gasteiger partial charge in [-0.2, -0.15) is 0 Å². The van der Waals surface area contributed by atoms with Crippen molar-refractivity contribution in [3.05, 3.63) is 52.5 Å². The van der Waals surface area contributed by atoms with Gasteiger partial charge in [-0.1, -0.05) is 40.6 Å². The molecule has 0 unspecified atom stereocenters. The van der Waals surface area contributed by atoms with Crippen molar-refractivity contribution in [1.29, 1.82) is 0 Å². The minimum Gasteiger partial charge on any atom is -0.379 e. The molecule has 1 aromatic heterocycles. The predicted molar refractivity (Wildman–Crippen MR) is 131 cm³/mol. The number of rotatable bonds is 8. The number of carbonyl (C=O) groups excluding carboxylic acids is 1. The van der Waals surface area contributed by atoms with Crippen molar-refractivity contribution in [3.63, 3.8) is 0 Å². The SMILES string of the molecule is O=C(CCSc1ccc(Cl)cc1)N(CCN1CCOCC1)c1nc2c(Cl)cccc2s1. The fourth-order valence-electron chi connectivity index (χ4n) is 3.33. The molecule has 5 nitrogen and oxygen atoms in total. The molecule has 1 fully saturated rings. The fourth-order valence-corrected chi connectivity index (χ4v) is 5.61. The lowest BCUT2D eigenvalue weighted by atomic mass is 10.3. The average molecular weight is 496 g/mol. The Bertz CT molecular complexity index is 1020. The van der Waals surface area contributed by atoms with Crippen LogP contribution in [0, 0.1) is 0 Å². The Hall–Kier alpha value is -1.35. The number of para-hydroxylation sites is 1. The molecule has 0 spiro atoms. The number of anilines is 1. The second-order valence-corrected chi connectivity index (χ2v) is 10.2. The van der Waals surface area contributed by atoms with E-state index in [9.17, 15) is 4.79 Å². The number of ether oxygens (including phenoxy) is 1. The quantitative estimate of drug-likeness (QED) is 0.388. The zero-order valence-electron chi connectivity index (χ0n) is 16.9. The molecule has 0 saturated carbocycles. The highest BCUT2D eigenvalue weighted by Crippen LogP contribution is 2.33. The number of halogens is 2. The number of aromatic nitrogens is 1. The number of morpholine rings is 1. The molecular formula is C22H23Cl2N3O2S2. The Labute approximate surface area is 200 Å². The molecule has 0 radical (unpaired) electrons. The number of hydrogen-bond acceptors (Lipinski definition) is 6. The minimum atomic E-state index is 0.0740. The van der Waals surface area contributed by atoms with Crippen molar-refractivity contribution in [2.24, 2.45) is 0 Å². The first-order chi connectivity index (χ1) is 15.1. The minimum absolute atomic E-state index is 0.0740. The number of thioether (sulfide) groups is 1. The molecule has 1 amide bonds. The zero-order chi connectivity index (χ0) is 21.6. The van der Waals surface area contributed by atoms with Crippen LogP contribution in [-0.2, 0) is 9.53 Å². The third-order valence-corrected chi connectivity index (χ3v) is 7.65. The van der Waals surface area contributed by atoms with Gasteiger partial charge in [0.05, 0.1) is 22.9 Å². The van der Waals surface area contributed by atoms with Gasteiger partial charge in [0.1, 0.15) is 5.52 Å². The predicted octanol–water partition coefficient (Wildman–Crippen LogP) is 5.45. The summed E-state index contributed by atoms with van der Waals surface area (Å²) in [4.78, 5) is 23.1. The molecule has 4 rings (SSSR count). The normalized spacial score (nSPS) is 14.8. The van der Waals surface area contributed by atoms with E-state index in [-0.39, 0.29) is 5.91 Å². The first-order valence-corrected chi connectivity index (χ1v) is 12.7. The van der Waals surface area contributed by atoms with Gasteiger partial charge in [-0.15, -0.1) is 11.8 Å². The second kappa shape index (κ2) is 11.0. The number of thiazole rings is 1. The van der Waals surface area contributed by atoms with E-state index in [1.54, 1.807) is 11.8 Å². The van der Waals surface area contributed by atoms with Gasteiger partial charge in [-0.25, -0.2) is 4.98 Å². The molecule has 0 aliphatic carbocycles. The van der Waals surface area contributed by atoms with Gasteiger partial charge >= 0.3 is 0 Å². The zero-order valence-corrected chi connectivity index (χ0v) is 20.1. The van der Waals surface area contributed by atoms with E-state index >= 15 is 0 Å². The fraction of sp³-hybridized carbons (Fsp3) is 0.364. The van der Waals surface area contributed by atoms with E-state index in [0.29, 0.717) is 33.9 Å². The highest BCUT2D eigenvalue weighted by atomic mass is 35.5. The lowest BCUT2D eigenvalue weighted by Gasteiger charge is -2.29. The van der Waals surface area contributed by atoms with Crippen LogP contribution in [0.15, 0.2) is 47.4 Å².